The molecular formula is C24H19Cl2F2N7O2. The maximum Gasteiger partial charge on any atom is 0.300 e. The van der Waals surface area contributed by atoms with Gasteiger partial charge in [-0.05, 0) is 53.6 Å². The SMILES string of the molecule is O=c1nc(Nc2ccc(OC3=CNC(Cl)=NC3)cc2)n(Cc2ccc(Cl)cc2)c2ncn(CC(F)F)c12. The Kier molecular flexibility index (Phi) is 7.06. The molecule has 0 bridgehead atoms. The van der Waals surface area contributed by atoms with Crippen LogP contribution in [-0.2, 0) is 13.1 Å². The highest BCUT2D eigenvalue weighted by Crippen LogP contribution is 2.24. The largest absolute Gasteiger partial charge is 0.458 e. The zero-order chi connectivity index (χ0) is 25.9. The van der Waals surface area contributed by atoms with Gasteiger partial charge in [-0.15, -0.1) is 0 Å². The van der Waals surface area contributed by atoms with E-state index < -0.39 is 18.5 Å². The number of hydrogen-bond donors (Lipinski definition) is 2. The molecule has 1 aliphatic rings. The van der Waals surface area contributed by atoms with E-state index in [9.17, 15) is 13.6 Å². The van der Waals surface area contributed by atoms with E-state index in [0.29, 0.717) is 34.1 Å². The van der Waals surface area contributed by atoms with Crippen LogP contribution in [0.1, 0.15) is 5.56 Å². The normalized spacial score (nSPS) is 13.3. The third-order valence-electron chi connectivity index (χ3n) is 5.41. The number of alkyl halides is 2. The van der Waals surface area contributed by atoms with Gasteiger partial charge < -0.3 is 19.9 Å². The van der Waals surface area contributed by atoms with Gasteiger partial charge in [0.05, 0.1) is 19.4 Å². The fraction of sp³-hybridized carbons (Fsp3) is 0.167. The summed E-state index contributed by atoms with van der Waals surface area (Å²) in [5.41, 5.74) is 1.03. The molecule has 2 N–H and O–H groups in total. The number of fused-ring (bicyclic) bond motifs is 1. The molecule has 0 aliphatic carbocycles. The Balaban J connectivity index is 1.46. The number of rotatable bonds is 8. The van der Waals surface area contributed by atoms with Gasteiger partial charge in [0.15, 0.2) is 16.5 Å². The summed E-state index contributed by atoms with van der Waals surface area (Å²) in [6, 6.07) is 14.1. The minimum Gasteiger partial charge on any atom is -0.458 e. The second-order valence-corrected chi connectivity index (χ2v) is 8.82. The highest BCUT2D eigenvalue weighted by Gasteiger charge is 2.18. The second-order valence-electron chi connectivity index (χ2n) is 8.03. The van der Waals surface area contributed by atoms with Crippen molar-refractivity contribution in [2.24, 2.45) is 4.99 Å². The summed E-state index contributed by atoms with van der Waals surface area (Å²) in [4.78, 5) is 25.3. The van der Waals surface area contributed by atoms with Crippen LogP contribution in [0.15, 0.2) is 76.6 Å². The predicted molar refractivity (Wildman–Crippen MR) is 138 cm³/mol. The lowest BCUT2D eigenvalue weighted by atomic mass is 10.2. The summed E-state index contributed by atoms with van der Waals surface area (Å²) in [6.45, 7) is -0.0859. The predicted octanol–water partition coefficient (Wildman–Crippen LogP) is 4.72. The Bertz CT molecular complexity index is 1550. The Hall–Kier alpha value is -3.96. The van der Waals surface area contributed by atoms with Crippen molar-refractivity contribution >= 4 is 51.3 Å². The van der Waals surface area contributed by atoms with Gasteiger partial charge in [-0.2, -0.15) is 4.98 Å². The summed E-state index contributed by atoms with van der Waals surface area (Å²) in [7, 11) is 0. The van der Waals surface area contributed by atoms with Crippen molar-refractivity contribution in [1.29, 1.82) is 0 Å². The molecule has 0 amide bonds. The van der Waals surface area contributed by atoms with Crippen molar-refractivity contribution in [2.75, 3.05) is 11.9 Å². The second kappa shape index (κ2) is 10.6. The van der Waals surface area contributed by atoms with Crippen molar-refractivity contribution in [2.45, 2.75) is 19.5 Å². The molecule has 4 aromatic rings. The fourth-order valence-corrected chi connectivity index (χ4v) is 3.97. The van der Waals surface area contributed by atoms with Crippen molar-refractivity contribution in [3.05, 3.63) is 87.8 Å². The van der Waals surface area contributed by atoms with Crippen LogP contribution < -0.4 is 20.9 Å². The minimum atomic E-state index is -2.65. The average molecular weight is 546 g/mol. The molecule has 13 heteroatoms. The first-order chi connectivity index (χ1) is 17.9. The standard InChI is InChI=1S/C24H19Cl2F2N7O2/c25-15-3-1-14(2-4-15)11-35-21-20(34(13-31-21)12-19(27)28)22(36)33-24(35)32-16-5-7-17(8-6-16)37-18-9-29-23(26)30-10-18/h1-9,13,19H,10-12H2,(H,29,30)(H,32,33,36). The van der Waals surface area contributed by atoms with Gasteiger partial charge >= 0.3 is 5.56 Å². The summed E-state index contributed by atoms with van der Waals surface area (Å²) in [6.07, 6.45) is 0.202. The summed E-state index contributed by atoms with van der Waals surface area (Å²) in [5, 5.41) is 6.77. The van der Waals surface area contributed by atoms with Crippen LogP contribution in [0.25, 0.3) is 11.2 Å². The van der Waals surface area contributed by atoms with E-state index in [2.05, 4.69) is 25.6 Å². The Morgan fingerprint density at radius 2 is 1.86 bits per heavy atom. The molecule has 0 spiro atoms. The zero-order valence-electron chi connectivity index (χ0n) is 19.0. The maximum atomic E-state index is 13.1. The molecule has 2 aromatic carbocycles. The topological polar surface area (TPSA) is 98.4 Å². The molecule has 0 atom stereocenters. The van der Waals surface area contributed by atoms with E-state index in [0.717, 1.165) is 10.1 Å². The highest BCUT2D eigenvalue weighted by atomic mass is 35.5. The fourth-order valence-electron chi connectivity index (χ4n) is 3.73. The molecule has 0 fully saturated rings. The number of halogens is 4. The number of anilines is 2. The van der Waals surface area contributed by atoms with Gasteiger partial charge in [0.2, 0.25) is 5.95 Å². The van der Waals surface area contributed by atoms with Crippen LogP contribution >= 0.6 is 23.2 Å². The lowest BCUT2D eigenvalue weighted by molar-refractivity contribution is 0.128. The Labute approximate surface area is 219 Å². The number of aliphatic imine (C=N–C) groups is 1. The molecule has 9 nitrogen and oxygen atoms in total. The number of hydrogen-bond acceptors (Lipinski definition) is 7. The molecule has 3 heterocycles. The average Bonchev–Trinajstić information content (AvgIpc) is 3.29. The number of benzene rings is 2. The highest BCUT2D eigenvalue weighted by molar-refractivity contribution is 6.64. The van der Waals surface area contributed by atoms with E-state index in [1.54, 1.807) is 47.2 Å². The quantitative estimate of drug-likeness (QED) is 0.311. The van der Waals surface area contributed by atoms with E-state index in [1.165, 1.54) is 6.33 Å². The molecule has 0 saturated carbocycles. The van der Waals surface area contributed by atoms with E-state index >= 15 is 0 Å². The number of aromatic nitrogens is 4. The third-order valence-corrected chi connectivity index (χ3v) is 5.89. The molecule has 0 saturated heterocycles. The summed E-state index contributed by atoms with van der Waals surface area (Å²) < 4.78 is 34.7. The maximum absolute atomic E-state index is 13.1. The number of nitrogens with one attached hydrogen (secondary N) is 2. The molecule has 0 unspecified atom stereocenters. The van der Waals surface area contributed by atoms with Crippen LogP contribution in [0.2, 0.25) is 5.02 Å². The minimum absolute atomic E-state index is 0.000639. The Morgan fingerprint density at radius 1 is 1.11 bits per heavy atom. The van der Waals surface area contributed by atoms with Crippen LogP contribution in [0.5, 0.6) is 5.75 Å². The number of nitrogens with zero attached hydrogens (tertiary/aromatic N) is 5. The molecule has 0 radical (unpaired) electrons. The van der Waals surface area contributed by atoms with Gasteiger partial charge in [0, 0.05) is 16.9 Å². The van der Waals surface area contributed by atoms with Crippen molar-refractivity contribution < 1.29 is 13.5 Å². The third kappa shape index (κ3) is 5.73. The number of ether oxygens (including phenoxy) is 1. The summed E-state index contributed by atoms with van der Waals surface area (Å²) >= 11 is 11.8. The van der Waals surface area contributed by atoms with Crippen LogP contribution in [0, 0.1) is 0 Å². The molecule has 1 aliphatic heterocycles. The molecule has 5 rings (SSSR count). The van der Waals surface area contributed by atoms with Crippen LogP contribution in [0.4, 0.5) is 20.4 Å². The molecule has 2 aromatic heterocycles. The zero-order valence-corrected chi connectivity index (χ0v) is 20.5. The first-order valence-corrected chi connectivity index (χ1v) is 11.8. The Morgan fingerprint density at radius 3 is 2.54 bits per heavy atom. The monoisotopic (exact) mass is 545 g/mol. The first kappa shape index (κ1) is 24.7. The molecular weight excluding hydrogens is 527 g/mol. The van der Waals surface area contributed by atoms with Gasteiger partial charge in [-0.25, -0.2) is 18.8 Å². The lowest BCUT2D eigenvalue weighted by Gasteiger charge is -2.16. The van der Waals surface area contributed by atoms with Gasteiger partial charge in [0.1, 0.15) is 18.1 Å². The van der Waals surface area contributed by atoms with E-state index in [4.69, 9.17) is 27.9 Å². The van der Waals surface area contributed by atoms with Crippen molar-refractivity contribution in [3.8, 4) is 5.75 Å². The smallest absolute Gasteiger partial charge is 0.300 e. The van der Waals surface area contributed by atoms with Crippen LogP contribution in [-0.4, -0.2) is 37.4 Å². The van der Waals surface area contributed by atoms with Crippen LogP contribution in [0.3, 0.4) is 0 Å². The van der Waals surface area contributed by atoms with Crippen molar-refractivity contribution in [1.82, 2.24) is 24.4 Å². The molecule has 190 valence electrons. The van der Waals surface area contributed by atoms with Gasteiger partial charge in [0.25, 0.3) is 6.43 Å². The molecule has 37 heavy (non-hydrogen) atoms. The summed E-state index contributed by atoms with van der Waals surface area (Å²) in [5.74, 6) is 1.36. The van der Waals surface area contributed by atoms with E-state index in [1.807, 2.05) is 12.1 Å². The number of imidazole rings is 1. The lowest BCUT2D eigenvalue weighted by Crippen LogP contribution is -2.21. The van der Waals surface area contributed by atoms with Crippen molar-refractivity contribution in [3.63, 3.8) is 0 Å². The van der Waals surface area contributed by atoms with E-state index in [-0.39, 0.29) is 23.7 Å². The van der Waals surface area contributed by atoms with Gasteiger partial charge in [-0.3, -0.25) is 9.36 Å². The first-order valence-electron chi connectivity index (χ1n) is 11.0. The van der Waals surface area contributed by atoms with Gasteiger partial charge in [-0.1, -0.05) is 23.7 Å². The number of amidine groups is 1.